The highest BCUT2D eigenvalue weighted by molar-refractivity contribution is 8.13. The standard InChI is InChI=1S/C13H16N2S.C6H9ClN2O2S/c1-3-15-9-13(11(2)14-15)16-10-12-7-5-4-6-8-12;1-3-9-4-6(5(2)8-9)12(7,10)11/h4-9H,3,10H2,1-2H3;4H,3H2,1-2H3. The molecule has 9 heteroatoms. The number of hydrogen-bond acceptors (Lipinski definition) is 5. The largest absolute Gasteiger partial charge is 0.272 e. The van der Waals surface area contributed by atoms with Crippen molar-refractivity contribution >= 4 is 31.5 Å². The maximum atomic E-state index is 10.9. The molecule has 0 saturated heterocycles. The Morgan fingerprint density at radius 3 is 2.00 bits per heavy atom. The average molecular weight is 441 g/mol. The van der Waals surface area contributed by atoms with Gasteiger partial charge >= 0.3 is 0 Å². The summed E-state index contributed by atoms with van der Waals surface area (Å²) in [5.41, 5.74) is 2.92. The van der Waals surface area contributed by atoms with E-state index in [-0.39, 0.29) is 4.90 Å². The molecule has 0 atom stereocenters. The van der Waals surface area contributed by atoms with Crippen LogP contribution in [0.15, 0.2) is 52.5 Å². The Morgan fingerprint density at radius 2 is 1.54 bits per heavy atom. The fraction of sp³-hybridized carbons (Fsp3) is 0.368. The first-order valence-corrected chi connectivity index (χ1v) is 12.2. The van der Waals surface area contributed by atoms with Crippen LogP contribution in [0, 0.1) is 13.8 Å². The van der Waals surface area contributed by atoms with Gasteiger partial charge in [-0.3, -0.25) is 9.36 Å². The van der Waals surface area contributed by atoms with E-state index in [1.807, 2.05) is 23.4 Å². The molecule has 0 amide bonds. The second-order valence-electron chi connectivity index (χ2n) is 6.08. The fourth-order valence-corrected chi connectivity index (χ4v) is 4.50. The summed E-state index contributed by atoms with van der Waals surface area (Å²) in [6.45, 7) is 9.23. The molecule has 6 nitrogen and oxygen atoms in total. The normalized spacial score (nSPS) is 11.2. The van der Waals surface area contributed by atoms with Crippen molar-refractivity contribution < 1.29 is 8.42 Å². The molecule has 3 aromatic rings. The Kier molecular flexibility index (Phi) is 8.15. The Bertz CT molecular complexity index is 998. The molecule has 0 aliphatic heterocycles. The van der Waals surface area contributed by atoms with Crippen molar-refractivity contribution in [1.82, 2.24) is 19.6 Å². The van der Waals surface area contributed by atoms with Gasteiger partial charge in [0.1, 0.15) is 4.90 Å². The number of aromatic nitrogens is 4. The summed E-state index contributed by atoms with van der Waals surface area (Å²) in [5, 5.41) is 8.39. The molecule has 2 heterocycles. The molecule has 1 aromatic carbocycles. The zero-order valence-corrected chi connectivity index (χ0v) is 18.9. The molecular weight excluding hydrogens is 416 g/mol. The minimum Gasteiger partial charge on any atom is -0.272 e. The minimum absolute atomic E-state index is 0.0889. The van der Waals surface area contributed by atoms with E-state index in [2.05, 4.69) is 60.6 Å². The molecule has 28 heavy (non-hydrogen) atoms. The second-order valence-corrected chi connectivity index (χ2v) is 9.63. The van der Waals surface area contributed by atoms with Crippen molar-refractivity contribution in [3.05, 3.63) is 59.7 Å². The molecule has 0 radical (unpaired) electrons. The number of benzene rings is 1. The fourth-order valence-electron chi connectivity index (χ4n) is 2.44. The van der Waals surface area contributed by atoms with Crippen LogP contribution in [-0.2, 0) is 27.9 Å². The molecule has 0 unspecified atom stereocenters. The van der Waals surface area contributed by atoms with Crippen LogP contribution < -0.4 is 0 Å². The van der Waals surface area contributed by atoms with E-state index in [0.29, 0.717) is 12.2 Å². The monoisotopic (exact) mass is 440 g/mol. The third kappa shape index (κ3) is 6.39. The first-order chi connectivity index (χ1) is 13.2. The number of rotatable bonds is 6. The van der Waals surface area contributed by atoms with Crippen molar-refractivity contribution in [3.63, 3.8) is 0 Å². The van der Waals surface area contributed by atoms with Crippen molar-refractivity contribution in [2.24, 2.45) is 0 Å². The molecule has 3 rings (SSSR count). The zero-order valence-electron chi connectivity index (χ0n) is 16.5. The molecular formula is C19H25ClN4O2S2. The number of halogens is 1. The summed E-state index contributed by atoms with van der Waals surface area (Å²) in [4.78, 5) is 1.37. The van der Waals surface area contributed by atoms with Crippen LogP contribution >= 0.6 is 22.4 Å². The molecule has 0 aliphatic rings. The predicted octanol–water partition coefficient (Wildman–Crippen LogP) is 4.64. The number of nitrogens with zero attached hydrogens (tertiary/aromatic N) is 4. The smallest absolute Gasteiger partial charge is 0.264 e. The van der Waals surface area contributed by atoms with Gasteiger partial charge in [-0.05, 0) is 33.3 Å². The average Bonchev–Trinajstić information content (AvgIpc) is 3.23. The molecule has 0 saturated carbocycles. The highest BCUT2D eigenvalue weighted by atomic mass is 35.7. The Hall–Kier alpha value is -1.77. The summed E-state index contributed by atoms with van der Waals surface area (Å²) in [6, 6.07) is 10.5. The first-order valence-electron chi connectivity index (χ1n) is 8.94. The Balaban J connectivity index is 0.000000209. The lowest BCUT2D eigenvalue weighted by molar-refractivity contribution is 0.608. The Labute approximate surface area is 175 Å². The summed E-state index contributed by atoms with van der Waals surface area (Å²) < 4.78 is 25.3. The van der Waals surface area contributed by atoms with Gasteiger partial charge in [-0.15, -0.1) is 11.8 Å². The summed E-state index contributed by atoms with van der Waals surface area (Å²) in [6.07, 6.45) is 3.56. The van der Waals surface area contributed by atoms with Gasteiger partial charge in [0.15, 0.2) is 0 Å². The van der Waals surface area contributed by atoms with E-state index >= 15 is 0 Å². The van der Waals surface area contributed by atoms with Crippen molar-refractivity contribution in [1.29, 1.82) is 0 Å². The molecule has 2 aromatic heterocycles. The van der Waals surface area contributed by atoms with Crippen LogP contribution in [0.3, 0.4) is 0 Å². The van der Waals surface area contributed by atoms with E-state index in [1.54, 1.807) is 6.92 Å². The van der Waals surface area contributed by atoms with Gasteiger partial charge in [-0.25, -0.2) is 8.42 Å². The number of thioether (sulfide) groups is 1. The molecule has 0 aliphatic carbocycles. The summed E-state index contributed by atoms with van der Waals surface area (Å²) in [5.74, 6) is 1.01. The van der Waals surface area contributed by atoms with Gasteiger partial charge in [0, 0.05) is 46.8 Å². The topological polar surface area (TPSA) is 69.8 Å². The van der Waals surface area contributed by atoms with Gasteiger partial charge in [0.05, 0.1) is 11.4 Å². The van der Waals surface area contributed by atoms with Crippen molar-refractivity contribution in [3.8, 4) is 0 Å². The summed E-state index contributed by atoms with van der Waals surface area (Å²) in [7, 11) is 1.52. The second kappa shape index (κ2) is 10.1. The van der Waals surface area contributed by atoms with Crippen LogP contribution in [0.5, 0.6) is 0 Å². The predicted molar refractivity (Wildman–Crippen MR) is 114 cm³/mol. The van der Waals surface area contributed by atoms with Crippen LogP contribution in [0.25, 0.3) is 0 Å². The molecule has 0 bridgehead atoms. The third-order valence-corrected chi connectivity index (χ3v) is 6.56. The summed E-state index contributed by atoms with van der Waals surface area (Å²) >= 11 is 1.85. The molecule has 0 spiro atoms. The lowest BCUT2D eigenvalue weighted by Crippen LogP contribution is -1.93. The first kappa shape index (κ1) is 22.5. The van der Waals surface area contributed by atoms with Crippen molar-refractivity contribution in [2.75, 3.05) is 0 Å². The van der Waals surface area contributed by atoms with Crippen LogP contribution in [0.4, 0.5) is 0 Å². The minimum atomic E-state index is -3.63. The molecule has 0 N–H and O–H groups in total. The van der Waals surface area contributed by atoms with Crippen LogP contribution in [0.1, 0.15) is 30.8 Å². The van der Waals surface area contributed by atoms with Gasteiger partial charge in [-0.2, -0.15) is 10.2 Å². The van der Waals surface area contributed by atoms with E-state index in [0.717, 1.165) is 18.0 Å². The van der Waals surface area contributed by atoms with Gasteiger partial charge in [0.2, 0.25) is 0 Å². The molecule has 0 fully saturated rings. The van der Waals surface area contributed by atoms with E-state index < -0.39 is 9.05 Å². The van der Waals surface area contributed by atoms with Crippen LogP contribution in [0.2, 0.25) is 0 Å². The Morgan fingerprint density at radius 1 is 0.964 bits per heavy atom. The van der Waals surface area contributed by atoms with Gasteiger partial charge < -0.3 is 0 Å². The van der Waals surface area contributed by atoms with Gasteiger partial charge in [0.25, 0.3) is 9.05 Å². The van der Waals surface area contributed by atoms with Gasteiger partial charge in [-0.1, -0.05) is 30.3 Å². The van der Waals surface area contributed by atoms with Crippen LogP contribution in [-0.4, -0.2) is 28.0 Å². The number of aryl methyl sites for hydroxylation is 4. The molecule has 152 valence electrons. The lowest BCUT2D eigenvalue weighted by Gasteiger charge is -1.99. The van der Waals surface area contributed by atoms with Crippen molar-refractivity contribution in [2.45, 2.75) is 56.3 Å². The van der Waals surface area contributed by atoms with E-state index in [1.165, 1.54) is 21.3 Å². The highest BCUT2D eigenvalue weighted by Gasteiger charge is 2.16. The quantitative estimate of drug-likeness (QED) is 0.412. The maximum Gasteiger partial charge on any atom is 0.264 e. The SMILES string of the molecule is CCn1cc(S(=O)(=O)Cl)c(C)n1.CCn1cc(SCc2ccccc2)c(C)n1. The zero-order chi connectivity index (χ0) is 20.7. The van der Waals surface area contributed by atoms with E-state index in [4.69, 9.17) is 10.7 Å². The van der Waals surface area contributed by atoms with E-state index in [9.17, 15) is 8.42 Å². The lowest BCUT2D eigenvalue weighted by atomic mass is 10.2. The highest BCUT2D eigenvalue weighted by Crippen LogP contribution is 2.25. The number of hydrogen-bond donors (Lipinski definition) is 0. The maximum absolute atomic E-state index is 10.9. The third-order valence-electron chi connectivity index (χ3n) is 3.95.